The number of fused-ring (bicyclic) bond motifs is 3. The number of benzene rings is 1. The number of rotatable bonds is 5. The first kappa shape index (κ1) is 18.0. The predicted molar refractivity (Wildman–Crippen MR) is 98.3 cm³/mol. The van der Waals surface area contributed by atoms with Gasteiger partial charge in [0.2, 0.25) is 5.88 Å². The molecule has 28 heavy (non-hydrogen) atoms. The van der Waals surface area contributed by atoms with E-state index in [0.29, 0.717) is 17.0 Å². The molecule has 0 saturated heterocycles. The number of hydrogen-bond donors (Lipinski definition) is 1. The van der Waals surface area contributed by atoms with E-state index < -0.39 is 12.8 Å². The highest BCUT2D eigenvalue weighted by Gasteiger charge is 2.29. The normalized spacial score (nSPS) is 11.9. The molecule has 6 nitrogen and oxygen atoms in total. The smallest absolute Gasteiger partial charge is 0.422 e. The second-order valence-corrected chi connectivity index (χ2v) is 6.26. The van der Waals surface area contributed by atoms with Crippen LogP contribution in [0.3, 0.4) is 0 Å². The summed E-state index contributed by atoms with van der Waals surface area (Å²) in [5.41, 5.74) is 2.90. The van der Waals surface area contributed by atoms with Crippen molar-refractivity contribution >= 4 is 22.4 Å². The third-order valence-electron chi connectivity index (χ3n) is 4.10. The van der Waals surface area contributed by atoms with Crippen LogP contribution in [0.15, 0.2) is 48.7 Å². The first-order chi connectivity index (χ1) is 13.4. The van der Waals surface area contributed by atoms with Gasteiger partial charge >= 0.3 is 6.18 Å². The summed E-state index contributed by atoms with van der Waals surface area (Å²) in [7, 11) is 0. The third kappa shape index (κ3) is 3.68. The van der Waals surface area contributed by atoms with Crippen LogP contribution in [0.25, 0.3) is 16.6 Å². The Morgan fingerprint density at radius 2 is 1.96 bits per heavy atom. The average molecular weight is 387 g/mol. The lowest BCUT2D eigenvalue weighted by Gasteiger charge is -2.14. The van der Waals surface area contributed by atoms with Crippen LogP contribution in [0.5, 0.6) is 5.88 Å². The highest BCUT2D eigenvalue weighted by atomic mass is 19.4. The Morgan fingerprint density at radius 3 is 2.79 bits per heavy atom. The fourth-order valence-corrected chi connectivity index (χ4v) is 2.93. The van der Waals surface area contributed by atoms with Crippen molar-refractivity contribution in [3.8, 4) is 5.88 Å². The molecule has 0 aliphatic rings. The lowest BCUT2D eigenvalue weighted by molar-refractivity contribution is -0.154. The summed E-state index contributed by atoms with van der Waals surface area (Å²) in [5, 5.41) is 8.49. The number of anilines is 1. The maximum atomic E-state index is 12.5. The SMILES string of the molecule is Cc1cc2nc(NCc3cccnc3OCC(F)(F)F)c3ccccc3n2n1. The lowest BCUT2D eigenvalue weighted by atomic mass is 10.2. The summed E-state index contributed by atoms with van der Waals surface area (Å²) in [4.78, 5) is 8.52. The van der Waals surface area contributed by atoms with Crippen LogP contribution >= 0.6 is 0 Å². The molecule has 9 heteroatoms. The van der Waals surface area contributed by atoms with Crippen LogP contribution in [0.4, 0.5) is 19.0 Å². The quantitative estimate of drug-likeness (QED) is 0.558. The topological polar surface area (TPSA) is 64.3 Å². The zero-order valence-corrected chi connectivity index (χ0v) is 14.9. The fourth-order valence-electron chi connectivity index (χ4n) is 2.93. The van der Waals surface area contributed by atoms with Gasteiger partial charge in [0.15, 0.2) is 12.3 Å². The number of hydrogen-bond acceptors (Lipinski definition) is 5. The minimum Gasteiger partial charge on any atom is -0.468 e. The van der Waals surface area contributed by atoms with Crippen molar-refractivity contribution in [1.82, 2.24) is 19.6 Å². The molecule has 1 aromatic carbocycles. The van der Waals surface area contributed by atoms with Crippen molar-refractivity contribution in [2.24, 2.45) is 0 Å². The molecule has 0 bridgehead atoms. The highest BCUT2D eigenvalue weighted by molar-refractivity contribution is 5.91. The molecule has 3 heterocycles. The van der Waals surface area contributed by atoms with Crippen molar-refractivity contribution in [2.75, 3.05) is 11.9 Å². The molecule has 0 fully saturated rings. The standard InChI is InChI=1S/C19H16F3N5O/c1-12-9-16-25-17(14-6-2-3-7-15(14)27(16)26-12)24-10-13-5-4-8-23-18(13)28-11-19(20,21)22/h2-9H,10-11H2,1H3,(H,24,25). The number of ether oxygens (including phenoxy) is 1. The molecule has 144 valence electrons. The highest BCUT2D eigenvalue weighted by Crippen LogP contribution is 2.25. The van der Waals surface area contributed by atoms with Crippen LogP contribution in [0.2, 0.25) is 0 Å². The summed E-state index contributed by atoms with van der Waals surface area (Å²) < 4.78 is 44.0. The number of aromatic nitrogens is 4. The Labute approximate surface area is 158 Å². The summed E-state index contributed by atoms with van der Waals surface area (Å²) >= 11 is 0. The molecule has 3 aromatic heterocycles. The van der Waals surface area contributed by atoms with Gasteiger partial charge < -0.3 is 10.1 Å². The fraction of sp³-hybridized carbons (Fsp3) is 0.211. The van der Waals surface area contributed by atoms with Crippen molar-refractivity contribution in [3.05, 3.63) is 59.9 Å². The first-order valence-corrected chi connectivity index (χ1v) is 8.53. The molecule has 0 spiro atoms. The Kier molecular flexibility index (Phi) is 4.50. The molecular formula is C19H16F3N5O. The van der Waals surface area contributed by atoms with Crippen molar-refractivity contribution in [3.63, 3.8) is 0 Å². The van der Waals surface area contributed by atoms with Gasteiger partial charge in [0, 0.05) is 29.8 Å². The van der Waals surface area contributed by atoms with E-state index in [-0.39, 0.29) is 12.4 Å². The second-order valence-electron chi connectivity index (χ2n) is 6.26. The van der Waals surface area contributed by atoms with Gasteiger partial charge in [-0.15, -0.1) is 0 Å². The first-order valence-electron chi connectivity index (χ1n) is 8.53. The van der Waals surface area contributed by atoms with E-state index in [9.17, 15) is 13.2 Å². The van der Waals surface area contributed by atoms with E-state index in [1.165, 1.54) is 6.20 Å². The summed E-state index contributed by atoms with van der Waals surface area (Å²) in [6, 6.07) is 12.8. The van der Waals surface area contributed by atoms with E-state index in [4.69, 9.17) is 4.74 Å². The molecule has 0 unspecified atom stereocenters. The summed E-state index contributed by atoms with van der Waals surface area (Å²) in [5.74, 6) is 0.548. The number of aryl methyl sites for hydroxylation is 1. The molecule has 0 atom stereocenters. The van der Waals surface area contributed by atoms with E-state index in [1.54, 1.807) is 16.6 Å². The van der Waals surface area contributed by atoms with Crippen LogP contribution < -0.4 is 10.1 Å². The third-order valence-corrected chi connectivity index (χ3v) is 4.10. The molecule has 0 aliphatic heterocycles. The maximum absolute atomic E-state index is 12.5. The largest absolute Gasteiger partial charge is 0.468 e. The molecule has 4 rings (SSSR count). The van der Waals surface area contributed by atoms with Gasteiger partial charge in [-0.3, -0.25) is 0 Å². The second kappa shape index (κ2) is 6.99. The zero-order chi connectivity index (χ0) is 19.7. The number of nitrogens with one attached hydrogen (secondary N) is 1. The van der Waals surface area contributed by atoms with Gasteiger partial charge in [0.05, 0.1) is 11.2 Å². The number of nitrogens with zero attached hydrogens (tertiary/aromatic N) is 4. The minimum absolute atomic E-state index is 0.0575. The van der Waals surface area contributed by atoms with E-state index >= 15 is 0 Å². The van der Waals surface area contributed by atoms with E-state index in [1.807, 2.05) is 37.3 Å². The van der Waals surface area contributed by atoms with Crippen LogP contribution in [-0.4, -0.2) is 32.4 Å². The number of pyridine rings is 1. The predicted octanol–water partition coefficient (Wildman–Crippen LogP) is 4.14. The zero-order valence-electron chi connectivity index (χ0n) is 14.9. The molecular weight excluding hydrogens is 371 g/mol. The minimum atomic E-state index is -4.43. The van der Waals surface area contributed by atoms with Crippen molar-refractivity contribution in [2.45, 2.75) is 19.6 Å². The molecule has 0 amide bonds. The van der Waals surface area contributed by atoms with Crippen LogP contribution in [0.1, 0.15) is 11.3 Å². The van der Waals surface area contributed by atoms with Crippen molar-refractivity contribution in [1.29, 1.82) is 0 Å². The molecule has 0 aliphatic carbocycles. The van der Waals surface area contributed by atoms with Gasteiger partial charge in [0.25, 0.3) is 0 Å². The number of para-hydroxylation sites is 1. The summed E-state index contributed by atoms with van der Waals surface area (Å²) in [6.07, 6.45) is -3.03. The number of halogens is 3. The average Bonchev–Trinajstić information content (AvgIpc) is 3.05. The number of alkyl halides is 3. The lowest BCUT2D eigenvalue weighted by Crippen LogP contribution is -2.20. The maximum Gasteiger partial charge on any atom is 0.422 e. The van der Waals surface area contributed by atoms with Crippen LogP contribution in [-0.2, 0) is 6.54 Å². The summed E-state index contributed by atoms with van der Waals surface area (Å²) in [6.45, 7) is 0.705. The van der Waals surface area contributed by atoms with E-state index in [0.717, 1.165) is 16.6 Å². The van der Waals surface area contributed by atoms with Gasteiger partial charge in [-0.25, -0.2) is 14.5 Å². The van der Waals surface area contributed by atoms with Crippen LogP contribution in [0, 0.1) is 6.92 Å². The van der Waals surface area contributed by atoms with Gasteiger partial charge in [0.1, 0.15) is 5.82 Å². The van der Waals surface area contributed by atoms with Crippen molar-refractivity contribution < 1.29 is 17.9 Å². The Morgan fingerprint density at radius 1 is 1.14 bits per heavy atom. The Bertz CT molecular complexity index is 1140. The Balaban J connectivity index is 1.64. The van der Waals surface area contributed by atoms with Gasteiger partial charge in [-0.1, -0.05) is 18.2 Å². The van der Waals surface area contributed by atoms with E-state index in [2.05, 4.69) is 20.4 Å². The molecule has 4 aromatic rings. The monoisotopic (exact) mass is 387 g/mol. The van der Waals surface area contributed by atoms with Gasteiger partial charge in [-0.05, 0) is 25.1 Å². The molecule has 0 radical (unpaired) electrons. The molecule has 1 N–H and O–H groups in total. The van der Waals surface area contributed by atoms with Gasteiger partial charge in [-0.2, -0.15) is 18.3 Å². The molecule has 0 saturated carbocycles. The Hall–Kier alpha value is -3.36.